The van der Waals surface area contributed by atoms with Gasteiger partial charge in [-0.2, -0.15) is 0 Å². The first-order chi connectivity index (χ1) is 7.72. The van der Waals surface area contributed by atoms with E-state index < -0.39 is 0 Å². The summed E-state index contributed by atoms with van der Waals surface area (Å²) in [6.07, 6.45) is 5.44. The van der Waals surface area contributed by atoms with Gasteiger partial charge in [-0.3, -0.25) is 4.79 Å². The quantitative estimate of drug-likeness (QED) is 0.736. The third-order valence-electron chi connectivity index (χ3n) is 2.90. The Morgan fingerprint density at radius 3 is 3.12 bits per heavy atom. The average molecular weight is 242 g/mol. The van der Waals surface area contributed by atoms with Crippen molar-refractivity contribution in [3.05, 3.63) is 22.7 Å². The highest BCUT2D eigenvalue weighted by atomic mass is 35.5. The highest BCUT2D eigenvalue weighted by Gasteiger charge is 2.21. The van der Waals surface area contributed by atoms with Crippen LogP contribution in [0.5, 0.6) is 0 Å². The van der Waals surface area contributed by atoms with Crippen molar-refractivity contribution < 1.29 is 0 Å². The van der Waals surface area contributed by atoms with E-state index in [1.54, 1.807) is 17.0 Å². The highest BCUT2D eigenvalue weighted by Crippen LogP contribution is 2.17. The molecule has 88 valence electrons. The van der Waals surface area contributed by atoms with Gasteiger partial charge in [0.15, 0.2) is 5.82 Å². The molecule has 0 saturated carbocycles. The van der Waals surface area contributed by atoms with Crippen LogP contribution < -0.4 is 10.5 Å². The molecule has 4 nitrogen and oxygen atoms in total. The third kappa shape index (κ3) is 2.21. The van der Waals surface area contributed by atoms with E-state index in [1.807, 2.05) is 11.8 Å². The van der Waals surface area contributed by atoms with Crippen molar-refractivity contribution in [1.82, 2.24) is 9.55 Å². The Morgan fingerprint density at radius 2 is 2.44 bits per heavy atom. The summed E-state index contributed by atoms with van der Waals surface area (Å²) in [5.41, 5.74) is -0.0178. The molecule has 1 aromatic heterocycles. The maximum absolute atomic E-state index is 12.0. The summed E-state index contributed by atoms with van der Waals surface area (Å²) in [4.78, 5) is 18.2. The predicted molar refractivity (Wildman–Crippen MR) is 65.3 cm³/mol. The number of rotatable bonds is 2. The maximum atomic E-state index is 12.0. The number of hydrogen-bond donors (Lipinski definition) is 0. The van der Waals surface area contributed by atoms with Crippen molar-refractivity contribution >= 4 is 17.4 Å². The Morgan fingerprint density at radius 1 is 1.62 bits per heavy atom. The minimum Gasteiger partial charge on any atom is -0.351 e. The van der Waals surface area contributed by atoms with Crippen molar-refractivity contribution in [2.75, 3.05) is 18.0 Å². The van der Waals surface area contributed by atoms with E-state index in [0.29, 0.717) is 12.4 Å². The van der Waals surface area contributed by atoms with Gasteiger partial charge in [0, 0.05) is 32.0 Å². The van der Waals surface area contributed by atoms with Gasteiger partial charge in [-0.05, 0) is 19.8 Å². The SMILES string of the molecule is CCn1ccnc(N2CCCC(Cl)C2)c1=O. The van der Waals surface area contributed by atoms with Crippen LogP contribution in [0.25, 0.3) is 0 Å². The number of nitrogens with zero attached hydrogens (tertiary/aromatic N) is 3. The van der Waals surface area contributed by atoms with Gasteiger partial charge >= 0.3 is 0 Å². The molecule has 1 aliphatic rings. The molecule has 1 aromatic rings. The summed E-state index contributed by atoms with van der Waals surface area (Å²) in [5, 5.41) is 0.130. The molecule has 1 fully saturated rings. The standard InChI is InChI=1S/C11H16ClN3O/c1-2-14-7-5-13-10(11(14)16)15-6-3-4-9(12)8-15/h5,7,9H,2-4,6,8H2,1H3. The van der Waals surface area contributed by atoms with Gasteiger partial charge in [-0.25, -0.2) is 4.98 Å². The molecular formula is C11H16ClN3O. The van der Waals surface area contributed by atoms with Crippen molar-refractivity contribution in [3.63, 3.8) is 0 Å². The van der Waals surface area contributed by atoms with Gasteiger partial charge in [0.1, 0.15) is 0 Å². The maximum Gasteiger partial charge on any atom is 0.293 e. The molecule has 2 heterocycles. The van der Waals surface area contributed by atoms with E-state index in [1.165, 1.54) is 0 Å². The van der Waals surface area contributed by atoms with Gasteiger partial charge in [-0.1, -0.05) is 0 Å². The second-order valence-electron chi connectivity index (χ2n) is 4.03. The van der Waals surface area contributed by atoms with Crippen LogP contribution in [0.2, 0.25) is 0 Å². The Balaban J connectivity index is 2.29. The fourth-order valence-electron chi connectivity index (χ4n) is 2.02. The Bertz CT molecular complexity index is 418. The summed E-state index contributed by atoms with van der Waals surface area (Å²) in [6, 6.07) is 0. The van der Waals surface area contributed by atoms with E-state index in [4.69, 9.17) is 11.6 Å². The zero-order chi connectivity index (χ0) is 11.5. The van der Waals surface area contributed by atoms with Gasteiger partial charge in [0.2, 0.25) is 0 Å². The predicted octanol–water partition coefficient (Wildman–Crippen LogP) is 1.47. The number of hydrogen-bond acceptors (Lipinski definition) is 3. The zero-order valence-corrected chi connectivity index (χ0v) is 10.2. The minimum absolute atomic E-state index is 0.0178. The Kier molecular flexibility index (Phi) is 3.49. The van der Waals surface area contributed by atoms with E-state index in [-0.39, 0.29) is 10.9 Å². The molecule has 0 spiro atoms. The summed E-state index contributed by atoms with van der Waals surface area (Å²) in [5.74, 6) is 0.537. The first kappa shape index (κ1) is 11.5. The molecule has 5 heteroatoms. The van der Waals surface area contributed by atoms with Crippen molar-refractivity contribution in [3.8, 4) is 0 Å². The minimum atomic E-state index is -0.0178. The normalized spacial score (nSPS) is 21.1. The molecule has 1 unspecified atom stereocenters. The van der Waals surface area contributed by atoms with Crippen LogP contribution in [0.4, 0.5) is 5.82 Å². The molecule has 1 saturated heterocycles. The Labute approximate surface area is 99.9 Å². The lowest BCUT2D eigenvalue weighted by molar-refractivity contribution is 0.573. The van der Waals surface area contributed by atoms with E-state index >= 15 is 0 Å². The molecule has 0 N–H and O–H groups in total. The smallest absolute Gasteiger partial charge is 0.293 e. The fourth-order valence-corrected chi connectivity index (χ4v) is 2.34. The van der Waals surface area contributed by atoms with Crippen LogP contribution >= 0.6 is 11.6 Å². The summed E-state index contributed by atoms with van der Waals surface area (Å²) in [6.45, 7) is 4.22. The second-order valence-corrected chi connectivity index (χ2v) is 4.64. The van der Waals surface area contributed by atoms with Crippen LogP contribution in [0, 0.1) is 0 Å². The number of aryl methyl sites for hydroxylation is 1. The lowest BCUT2D eigenvalue weighted by atomic mass is 10.1. The molecular weight excluding hydrogens is 226 g/mol. The van der Waals surface area contributed by atoms with Gasteiger partial charge in [0.25, 0.3) is 5.56 Å². The molecule has 0 aliphatic carbocycles. The summed E-state index contributed by atoms with van der Waals surface area (Å²) < 4.78 is 1.67. The number of anilines is 1. The number of piperidine rings is 1. The Hall–Kier alpha value is -1.03. The molecule has 16 heavy (non-hydrogen) atoms. The van der Waals surface area contributed by atoms with Gasteiger partial charge in [-0.15, -0.1) is 11.6 Å². The first-order valence-electron chi connectivity index (χ1n) is 5.67. The topological polar surface area (TPSA) is 38.1 Å². The molecule has 0 amide bonds. The number of halogens is 1. The number of alkyl halides is 1. The molecule has 2 rings (SSSR count). The van der Waals surface area contributed by atoms with Crippen LogP contribution in [0.15, 0.2) is 17.2 Å². The van der Waals surface area contributed by atoms with Crippen LogP contribution in [-0.2, 0) is 6.54 Å². The zero-order valence-electron chi connectivity index (χ0n) is 9.40. The highest BCUT2D eigenvalue weighted by molar-refractivity contribution is 6.21. The molecule has 1 aliphatic heterocycles. The van der Waals surface area contributed by atoms with E-state index in [2.05, 4.69) is 4.98 Å². The lowest BCUT2D eigenvalue weighted by Crippen LogP contribution is -2.40. The van der Waals surface area contributed by atoms with Crippen LogP contribution in [0.1, 0.15) is 19.8 Å². The molecule has 1 atom stereocenters. The van der Waals surface area contributed by atoms with Crippen LogP contribution in [-0.4, -0.2) is 28.0 Å². The largest absolute Gasteiger partial charge is 0.351 e. The van der Waals surface area contributed by atoms with Gasteiger partial charge in [0.05, 0.1) is 5.38 Å². The monoisotopic (exact) mass is 241 g/mol. The fraction of sp³-hybridized carbons (Fsp3) is 0.636. The van der Waals surface area contributed by atoms with Crippen molar-refractivity contribution in [2.45, 2.75) is 31.7 Å². The van der Waals surface area contributed by atoms with Gasteiger partial charge < -0.3 is 9.47 Å². The van der Waals surface area contributed by atoms with E-state index in [0.717, 1.165) is 25.9 Å². The third-order valence-corrected chi connectivity index (χ3v) is 3.26. The first-order valence-corrected chi connectivity index (χ1v) is 6.10. The van der Waals surface area contributed by atoms with Crippen LogP contribution in [0.3, 0.4) is 0 Å². The second kappa shape index (κ2) is 4.87. The van der Waals surface area contributed by atoms with Crippen molar-refractivity contribution in [2.24, 2.45) is 0 Å². The number of aromatic nitrogens is 2. The van der Waals surface area contributed by atoms with Crippen molar-refractivity contribution in [1.29, 1.82) is 0 Å². The molecule has 0 aromatic carbocycles. The summed E-state index contributed by atoms with van der Waals surface area (Å²) in [7, 11) is 0. The molecule has 0 bridgehead atoms. The summed E-state index contributed by atoms with van der Waals surface area (Å²) >= 11 is 6.11. The molecule has 0 radical (unpaired) electrons. The average Bonchev–Trinajstić information content (AvgIpc) is 2.29. The van der Waals surface area contributed by atoms with E-state index in [9.17, 15) is 4.79 Å². The lowest BCUT2D eigenvalue weighted by Gasteiger charge is -2.30.